The maximum absolute atomic E-state index is 12.6. The summed E-state index contributed by atoms with van der Waals surface area (Å²) in [5.41, 5.74) is 3.13. The first kappa shape index (κ1) is 16.0. The maximum Gasteiger partial charge on any atom is 0.232 e. The summed E-state index contributed by atoms with van der Waals surface area (Å²) >= 11 is 2.21. The number of benzene rings is 1. The largest absolute Gasteiger partial charge is 0.350 e. The lowest BCUT2D eigenvalue weighted by atomic mass is 9.99. The molecule has 2 aromatic heterocycles. The molecule has 0 spiro atoms. The lowest BCUT2D eigenvalue weighted by Crippen LogP contribution is -2.20. The molecule has 1 aromatic carbocycles. The Morgan fingerprint density at radius 2 is 2.09 bits per heavy atom. The fourth-order valence-electron chi connectivity index (χ4n) is 2.76. The van der Waals surface area contributed by atoms with Crippen molar-refractivity contribution in [1.82, 2.24) is 9.55 Å². The number of hydrogen-bond donors (Lipinski definition) is 1. The molecule has 4 nitrogen and oxygen atoms in total. The first-order valence-electron chi connectivity index (χ1n) is 7.44. The van der Waals surface area contributed by atoms with Crippen LogP contribution in [-0.4, -0.2) is 15.5 Å². The molecule has 2 heterocycles. The number of carbonyl (C=O) groups is 1. The van der Waals surface area contributed by atoms with Gasteiger partial charge in [-0.1, -0.05) is 18.2 Å². The van der Waals surface area contributed by atoms with Gasteiger partial charge in [0.2, 0.25) is 5.91 Å². The number of nitrogens with zero attached hydrogens (tertiary/aromatic N) is 2. The molecule has 1 amide bonds. The standard InChI is InChI=1S/C18H18IN3O/c1-11-8-13(19)9-20-17(11)21-18(23)12(2)15-10-22(3)16-7-5-4-6-14(15)16/h4-10,12H,1-3H3,(H,20,21,23). The minimum atomic E-state index is -0.249. The van der Waals surface area contributed by atoms with Crippen LogP contribution in [0.4, 0.5) is 5.82 Å². The number of para-hydroxylation sites is 1. The minimum absolute atomic E-state index is 0.0434. The van der Waals surface area contributed by atoms with Crippen LogP contribution in [0.5, 0.6) is 0 Å². The van der Waals surface area contributed by atoms with Gasteiger partial charge in [-0.2, -0.15) is 0 Å². The number of hydrogen-bond acceptors (Lipinski definition) is 2. The van der Waals surface area contributed by atoms with Crippen molar-refractivity contribution >= 4 is 45.2 Å². The highest BCUT2D eigenvalue weighted by atomic mass is 127. The van der Waals surface area contributed by atoms with Crippen molar-refractivity contribution < 1.29 is 4.79 Å². The third-order valence-corrected chi connectivity index (χ3v) is 4.66. The van der Waals surface area contributed by atoms with Crippen molar-refractivity contribution in [3.05, 3.63) is 57.4 Å². The minimum Gasteiger partial charge on any atom is -0.350 e. The van der Waals surface area contributed by atoms with Gasteiger partial charge >= 0.3 is 0 Å². The van der Waals surface area contributed by atoms with Gasteiger partial charge in [0, 0.05) is 33.9 Å². The van der Waals surface area contributed by atoms with Crippen LogP contribution in [0.3, 0.4) is 0 Å². The van der Waals surface area contributed by atoms with E-state index < -0.39 is 0 Å². The maximum atomic E-state index is 12.6. The molecule has 3 aromatic rings. The Morgan fingerprint density at radius 1 is 1.35 bits per heavy atom. The molecule has 1 N–H and O–H groups in total. The second-order valence-corrected chi connectivity index (χ2v) is 6.99. The molecule has 0 fully saturated rings. The summed E-state index contributed by atoms with van der Waals surface area (Å²) in [5, 5.41) is 4.06. The number of aromatic nitrogens is 2. The van der Waals surface area contributed by atoms with E-state index in [0.29, 0.717) is 5.82 Å². The fourth-order valence-corrected chi connectivity index (χ4v) is 3.36. The zero-order chi connectivity index (χ0) is 16.6. The molecule has 0 aliphatic heterocycles. The van der Waals surface area contributed by atoms with Crippen LogP contribution < -0.4 is 5.32 Å². The molecule has 0 aliphatic carbocycles. The average Bonchev–Trinajstić information content (AvgIpc) is 2.87. The zero-order valence-electron chi connectivity index (χ0n) is 13.3. The van der Waals surface area contributed by atoms with E-state index in [0.717, 1.165) is 25.6 Å². The van der Waals surface area contributed by atoms with E-state index in [-0.39, 0.29) is 11.8 Å². The molecule has 0 saturated heterocycles. The van der Waals surface area contributed by atoms with E-state index in [1.165, 1.54) is 0 Å². The van der Waals surface area contributed by atoms with Crippen LogP contribution in [0.1, 0.15) is 24.0 Å². The van der Waals surface area contributed by atoms with Gasteiger partial charge in [-0.05, 0) is 59.7 Å². The first-order chi connectivity index (χ1) is 11.0. The highest BCUT2D eigenvalue weighted by molar-refractivity contribution is 14.1. The average molecular weight is 419 g/mol. The van der Waals surface area contributed by atoms with Gasteiger partial charge < -0.3 is 9.88 Å². The number of amides is 1. The molecule has 0 bridgehead atoms. The molecule has 1 atom stereocenters. The van der Waals surface area contributed by atoms with Crippen molar-refractivity contribution in [2.45, 2.75) is 19.8 Å². The van der Waals surface area contributed by atoms with Crippen molar-refractivity contribution in [2.24, 2.45) is 7.05 Å². The van der Waals surface area contributed by atoms with E-state index >= 15 is 0 Å². The van der Waals surface area contributed by atoms with Crippen molar-refractivity contribution in [2.75, 3.05) is 5.32 Å². The molecular formula is C18H18IN3O. The molecule has 0 saturated carbocycles. The van der Waals surface area contributed by atoms with Gasteiger partial charge in [-0.3, -0.25) is 4.79 Å². The molecule has 5 heteroatoms. The predicted molar refractivity (Wildman–Crippen MR) is 102 cm³/mol. The molecule has 118 valence electrons. The van der Waals surface area contributed by atoms with Crippen LogP contribution >= 0.6 is 22.6 Å². The number of pyridine rings is 1. The Bertz CT molecular complexity index is 885. The third kappa shape index (κ3) is 3.10. The predicted octanol–water partition coefficient (Wildman–Crippen LogP) is 4.23. The first-order valence-corrected chi connectivity index (χ1v) is 8.52. The summed E-state index contributed by atoms with van der Waals surface area (Å²) in [7, 11) is 2.00. The van der Waals surface area contributed by atoms with Gasteiger partial charge in [-0.15, -0.1) is 0 Å². The van der Waals surface area contributed by atoms with Gasteiger partial charge in [-0.25, -0.2) is 4.98 Å². The Labute approximate surface area is 149 Å². The Kier molecular flexibility index (Phi) is 4.39. The Morgan fingerprint density at radius 3 is 2.83 bits per heavy atom. The summed E-state index contributed by atoms with van der Waals surface area (Å²) in [4.78, 5) is 17.0. The van der Waals surface area contributed by atoms with E-state index in [2.05, 4.69) is 49.6 Å². The number of carbonyl (C=O) groups excluding carboxylic acids is 1. The number of anilines is 1. The number of rotatable bonds is 3. The van der Waals surface area contributed by atoms with E-state index in [1.54, 1.807) is 6.20 Å². The van der Waals surface area contributed by atoms with Crippen molar-refractivity contribution in [3.8, 4) is 0 Å². The van der Waals surface area contributed by atoms with Gasteiger partial charge in [0.05, 0.1) is 5.92 Å². The monoisotopic (exact) mass is 419 g/mol. The topological polar surface area (TPSA) is 46.9 Å². The number of nitrogens with one attached hydrogen (secondary N) is 1. The molecule has 1 unspecified atom stereocenters. The SMILES string of the molecule is Cc1cc(I)cnc1NC(=O)C(C)c1cn(C)c2ccccc12. The van der Waals surface area contributed by atoms with Crippen LogP contribution in [0.15, 0.2) is 42.7 Å². The number of halogens is 1. The Hall–Kier alpha value is -1.89. The molecule has 23 heavy (non-hydrogen) atoms. The summed E-state index contributed by atoms with van der Waals surface area (Å²) in [6, 6.07) is 10.1. The van der Waals surface area contributed by atoms with Crippen molar-refractivity contribution in [3.63, 3.8) is 0 Å². The zero-order valence-corrected chi connectivity index (χ0v) is 15.5. The van der Waals surface area contributed by atoms with E-state index in [9.17, 15) is 4.79 Å². The number of aryl methyl sites for hydroxylation is 2. The van der Waals surface area contributed by atoms with Crippen LogP contribution in [0.2, 0.25) is 0 Å². The normalized spacial score (nSPS) is 12.3. The second kappa shape index (κ2) is 6.31. The molecular weight excluding hydrogens is 401 g/mol. The van der Waals surface area contributed by atoms with Crippen LogP contribution in [0.25, 0.3) is 10.9 Å². The van der Waals surface area contributed by atoms with Crippen LogP contribution in [0, 0.1) is 10.5 Å². The highest BCUT2D eigenvalue weighted by Gasteiger charge is 2.20. The summed E-state index contributed by atoms with van der Waals surface area (Å²) in [6.07, 6.45) is 3.79. The highest BCUT2D eigenvalue weighted by Crippen LogP contribution is 2.28. The Balaban J connectivity index is 1.89. The van der Waals surface area contributed by atoms with Crippen molar-refractivity contribution in [1.29, 1.82) is 0 Å². The van der Waals surface area contributed by atoms with Gasteiger partial charge in [0.15, 0.2) is 0 Å². The lowest BCUT2D eigenvalue weighted by molar-refractivity contribution is -0.117. The summed E-state index contributed by atoms with van der Waals surface area (Å²) in [5.74, 6) is 0.335. The van der Waals surface area contributed by atoms with Gasteiger partial charge in [0.25, 0.3) is 0 Å². The van der Waals surface area contributed by atoms with Crippen LogP contribution in [-0.2, 0) is 11.8 Å². The fraction of sp³-hybridized carbons (Fsp3) is 0.222. The summed E-state index contributed by atoms with van der Waals surface area (Å²) in [6.45, 7) is 3.88. The second-order valence-electron chi connectivity index (χ2n) is 5.74. The third-order valence-electron chi connectivity index (χ3n) is 4.07. The quantitative estimate of drug-likeness (QED) is 0.646. The molecule has 0 aliphatic rings. The molecule has 3 rings (SSSR count). The smallest absolute Gasteiger partial charge is 0.232 e. The summed E-state index contributed by atoms with van der Waals surface area (Å²) < 4.78 is 3.11. The van der Waals surface area contributed by atoms with E-state index in [4.69, 9.17) is 0 Å². The van der Waals surface area contributed by atoms with Gasteiger partial charge in [0.1, 0.15) is 5.82 Å². The molecule has 0 radical (unpaired) electrons. The number of fused-ring (bicyclic) bond motifs is 1. The van der Waals surface area contributed by atoms with E-state index in [1.807, 2.05) is 45.3 Å². The lowest BCUT2D eigenvalue weighted by Gasteiger charge is -2.13.